The van der Waals surface area contributed by atoms with Crippen molar-refractivity contribution in [1.29, 1.82) is 0 Å². The summed E-state index contributed by atoms with van der Waals surface area (Å²) in [7, 11) is 0. The summed E-state index contributed by atoms with van der Waals surface area (Å²) >= 11 is 0. The Morgan fingerprint density at radius 2 is 1.58 bits per heavy atom. The molecule has 0 heterocycles. The molecule has 4 fully saturated rings. The summed E-state index contributed by atoms with van der Waals surface area (Å²) in [6, 6.07) is 8.99. The number of benzene rings is 2. The lowest BCUT2D eigenvalue weighted by atomic mass is 9.53. The number of aliphatic carboxylic acids is 1. The number of rotatable bonds is 7. The maximum Gasteiger partial charge on any atom is 0.391 e. The highest BCUT2D eigenvalue weighted by Gasteiger charge is 2.55. The zero-order chi connectivity index (χ0) is 27.1. The number of hydrogen-bond donors (Lipinski definition) is 2. The lowest BCUT2D eigenvalue weighted by molar-refractivity contribution is -0.185. The number of ether oxygens (including phenoxy) is 1. The van der Waals surface area contributed by atoms with E-state index in [0.717, 1.165) is 10.9 Å². The highest BCUT2D eigenvalue weighted by molar-refractivity contribution is 5.89. The predicted molar refractivity (Wildman–Crippen MR) is 133 cm³/mol. The first-order chi connectivity index (χ1) is 18.1. The number of amides is 1. The van der Waals surface area contributed by atoms with E-state index in [4.69, 9.17) is 4.74 Å². The minimum absolute atomic E-state index is 0.0174. The zero-order valence-electron chi connectivity index (χ0n) is 21.2. The van der Waals surface area contributed by atoms with Crippen LogP contribution in [0.5, 0.6) is 5.75 Å². The van der Waals surface area contributed by atoms with Crippen molar-refractivity contribution >= 4 is 22.6 Å². The molecule has 2 aromatic rings. The van der Waals surface area contributed by atoms with Crippen molar-refractivity contribution in [3.63, 3.8) is 0 Å². The molecule has 0 aliphatic heterocycles. The van der Waals surface area contributed by atoms with Crippen LogP contribution in [0, 0.1) is 16.7 Å². The number of fused-ring (bicyclic) bond motifs is 4. The standard InChI is InChI=1S/C29H33F4NO4/c30-16-23-22-7-1-18(17-34-25(35)27-9-12-28(13-10-27,14-11-27)26(36)37)15-19(22)2-8-24(23)38-21-5-3-20(4-6-21)29(31,32)33/h1-2,7-8,15,20-21H,3-6,9-14,16-17H2,(H,34,35)(H,36,37)/t20-,21+,27?,28?. The van der Waals surface area contributed by atoms with Gasteiger partial charge in [0.25, 0.3) is 0 Å². The molecular formula is C29H33F4NO4. The number of carbonyl (C=O) groups is 2. The van der Waals surface area contributed by atoms with Crippen molar-refractivity contribution < 1.29 is 37.0 Å². The van der Waals surface area contributed by atoms with Crippen molar-refractivity contribution in [3.05, 3.63) is 41.5 Å². The Balaban J connectivity index is 1.23. The predicted octanol–water partition coefficient (Wildman–Crippen LogP) is 6.85. The van der Waals surface area contributed by atoms with Crippen LogP contribution < -0.4 is 10.1 Å². The molecular weight excluding hydrogens is 502 g/mol. The summed E-state index contributed by atoms with van der Waals surface area (Å²) in [5, 5.41) is 14.1. The molecule has 6 rings (SSSR count). The molecule has 0 radical (unpaired) electrons. The van der Waals surface area contributed by atoms with E-state index in [1.54, 1.807) is 12.1 Å². The minimum Gasteiger partial charge on any atom is -0.490 e. The topological polar surface area (TPSA) is 75.6 Å². The molecule has 4 aliphatic rings. The third-order valence-electron chi connectivity index (χ3n) is 9.35. The number of carbonyl (C=O) groups excluding carboxylic acids is 1. The highest BCUT2D eigenvalue weighted by Crippen LogP contribution is 2.57. The first-order valence-electron chi connectivity index (χ1n) is 13.4. The zero-order valence-corrected chi connectivity index (χ0v) is 21.2. The van der Waals surface area contributed by atoms with Crippen LogP contribution in [-0.2, 0) is 22.8 Å². The smallest absolute Gasteiger partial charge is 0.391 e. The molecule has 0 spiro atoms. The number of hydrogen-bond acceptors (Lipinski definition) is 3. The second-order valence-electron chi connectivity index (χ2n) is 11.4. The maximum absolute atomic E-state index is 14.1. The Hall–Kier alpha value is -2.84. The molecule has 206 valence electrons. The Morgan fingerprint density at radius 1 is 0.947 bits per heavy atom. The van der Waals surface area contributed by atoms with E-state index >= 15 is 0 Å². The van der Waals surface area contributed by atoms with Crippen LogP contribution >= 0.6 is 0 Å². The minimum atomic E-state index is -4.19. The molecule has 38 heavy (non-hydrogen) atoms. The summed E-state index contributed by atoms with van der Waals surface area (Å²) in [4.78, 5) is 24.8. The van der Waals surface area contributed by atoms with Gasteiger partial charge in [-0.15, -0.1) is 0 Å². The SMILES string of the molecule is O=C(O)C12CCC(C(=O)NCc3ccc4c(CF)c(O[C@H]5CC[C@@H](C(F)(F)F)CC5)ccc4c3)(CC1)CC2. The summed E-state index contributed by atoms with van der Waals surface area (Å²) in [6.45, 7) is -0.451. The maximum atomic E-state index is 14.1. The fourth-order valence-electron chi connectivity index (χ4n) is 6.69. The van der Waals surface area contributed by atoms with Crippen molar-refractivity contribution in [1.82, 2.24) is 5.32 Å². The average molecular weight is 536 g/mol. The molecule has 0 unspecified atom stereocenters. The van der Waals surface area contributed by atoms with Gasteiger partial charge in [-0.25, -0.2) is 4.39 Å². The summed E-state index contributed by atoms with van der Waals surface area (Å²) in [6.07, 6.45) is -0.595. The van der Waals surface area contributed by atoms with Gasteiger partial charge in [0.05, 0.1) is 17.4 Å². The van der Waals surface area contributed by atoms with Crippen LogP contribution in [-0.4, -0.2) is 29.3 Å². The van der Waals surface area contributed by atoms with E-state index < -0.39 is 35.6 Å². The van der Waals surface area contributed by atoms with Crippen LogP contribution in [0.3, 0.4) is 0 Å². The number of carboxylic acids is 1. The summed E-state index contributed by atoms with van der Waals surface area (Å²) < 4.78 is 58.9. The Morgan fingerprint density at radius 3 is 2.16 bits per heavy atom. The van der Waals surface area contributed by atoms with Crippen LogP contribution in [0.15, 0.2) is 30.3 Å². The van der Waals surface area contributed by atoms with Crippen LogP contribution in [0.25, 0.3) is 10.8 Å². The molecule has 9 heteroatoms. The molecule has 0 atom stereocenters. The fourth-order valence-corrected chi connectivity index (χ4v) is 6.69. The fraction of sp³-hybridized carbons (Fsp3) is 0.586. The van der Waals surface area contributed by atoms with Gasteiger partial charge in [-0.1, -0.05) is 18.2 Å². The largest absolute Gasteiger partial charge is 0.490 e. The second-order valence-corrected chi connectivity index (χ2v) is 11.4. The number of nitrogens with one attached hydrogen (secondary N) is 1. The molecule has 5 nitrogen and oxygen atoms in total. The normalized spacial score (nSPS) is 29.3. The Kier molecular flexibility index (Phi) is 7.07. The van der Waals surface area contributed by atoms with E-state index in [0.29, 0.717) is 61.8 Å². The molecule has 0 aromatic heterocycles. The molecule has 4 saturated carbocycles. The van der Waals surface area contributed by atoms with Gasteiger partial charge in [0, 0.05) is 17.5 Å². The van der Waals surface area contributed by atoms with Crippen LogP contribution in [0.4, 0.5) is 17.6 Å². The highest BCUT2D eigenvalue weighted by atomic mass is 19.4. The van der Waals surface area contributed by atoms with Gasteiger partial charge in [0.15, 0.2) is 0 Å². The third-order valence-corrected chi connectivity index (χ3v) is 9.35. The monoisotopic (exact) mass is 535 g/mol. The van der Waals surface area contributed by atoms with Crippen LogP contribution in [0.2, 0.25) is 0 Å². The van der Waals surface area contributed by atoms with Crippen molar-refractivity contribution in [3.8, 4) is 5.75 Å². The van der Waals surface area contributed by atoms with Gasteiger partial charge in [0.1, 0.15) is 12.4 Å². The van der Waals surface area contributed by atoms with Crippen molar-refractivity contribution in [2.75, 3.05) is 0 Å². The first kappa shape index (κ1) is 26.8. The number of carboxylic acid groups (broad SMARTS) is 1. The van der Waals surface area contributed by atoms with Crippen molar-refractivity contribution in [2.24, 2.45) is 16.7 Å². The van der Waals surface area contributed by atoms with Crippen LogP contribution in [0.1, 0.15) is 75.3 Å². The van der Waals surface area contributed by atoms with Gasteiger partial charge in [-0.05, 0) is 92.7 Å². The van der Waals surface area contributed by atoms with E-state index in [9.17, 15) is 32.3 Å². The lowest BCUT2D eigenvalue weighted by Gasteiger charge is -2.50. The summed E-state index contributed by atoms with van der Waals surface area (Å²) in [5.41, 5.74) is 0.0689. The third kappa shape index (κ3) is 4.96. The molecule has 4 aliphatic carbocycles. The Labute approximate surface area is 218 Å². The van der Waals surface area contributed by atoms with Gasteiger partial charge in [0.2, 0.25) is 5.91 Å². The van der Waals surface area contributed by atoms with Gasteiger partial charge >= 0.3 is 12.1 Å². The van der Waals surface area contributed by atoms with Gasteiger partial charge in [-0.2, -0.15) is 13.2 Å². The molecule has 2 bridgehead atoms. The average Bonchev–Trinajstić information content (AvgIpc) is 2.92. The molecule has 2 aromatic carbocycles. The van der Waals surface area contributed by atoms with Crippen molar-refractivity contribution in [2.45, 2.75) is 89.7 Å². The number of halogens is 4. The Bertz CT molecular complexity index is 1190. The first-order valence-corrected chi connectivity index (χ1v) is 13.4. The molecule has 2 N–H and O–H groups in total. The van der Waals surface area contributed by atoms with E-state index in [2.05, 4.69) is 5.32 Å². The molecule has 0 saturated heterocycles. The second kappa shape index (κ2) is 10.0. The van der Waals surface area contributed by atoms with Gasteiger partial charge in [-0.3, -0.25) is 9.59 Å². The van der Waals surface area contributed by atoms with Gasteiger partial charge < -0.3 is 15.2 Å². The summed E-state index contributed by atoms with van der Waals surface area (Å²) in [5.74, 6) is -1.72. The van der Waals surface area contributed by atoms with E-state index in [-0.39, 0.29) is 37.7 Å². The van der Waals surface area contributed by atoms with E-state index in [1.807, 2.05) is 18.2 Å². The van der Waals surface area contributed by atoms with E-state index in [1.165, 1.54) is 0 Å². The molecule has 1 amide bonds. The number of alkyl halides is 4. The lowest BCUT2D eigenvalue weighted by Crippen LogP contribution is -2.52. The quantitative estimate of drug-likeness (QED) is 0.380.